The summed E-state index contributed by atoms with van der Waals surface area (Å²) < 4.78 is 33.7. The first-order valence-corrected chi connectivity index (χ1v) is 10.8. The highest BCUT2D eigenvalue weighted by Crippen LogP contribution is 2.40. The number of rotatable bonds is 8. The summed E-state index contributed by atoms with van der Waals surface area (Å²) in [5.74, 6) is 0.232. The van der Waals surface area contributed by atoms with Crippen molar-refractivity contribution in [2.45, 2.75) is 52.5 Å². The van der Waals surface area contributed by atoms with Crippen LogP contribution in [-0.4, -0.2) is 20.6 Å². The van der Waals surface area contributed by atoms with Gasteiger partial charge in [-0.1, -0.05) is 6.07 Å². The number of hydrogen-bond donors (Lipinski definition) is 1. The number of carbonyl (C=O) groups excluding carboxylic acids is 1. The molecule has 3 aromatic rings. The van der Waals surface area contributed by atoms with Crippen LogP contribution in [0.3, 0.4) is 0 Å². The van der Waals surface area contributed by atoms with Gasteiger partial charge in [-0.15, -0.1) is 0 Å². The minimum atomic E-state index is -2.77. The molecule has 4 rings (SSSR count). The zero-order valence-corrected chi connectivity index (χ0v) is 19.0. The van der Waals surface area contributed by atoms with Gasteiger partial charge in [0.25, 0.3) is 12.1 Å². The molecule has 0 radical (unpaired) electrons. The van der Waals surface area contributed by atoms with Crippen LogP contribution in [0.1, 0.15) is 53.3 Å². The lowest BCUT2D eigenvalue weighted by Crippen LogP contribution is -2.21. The fourth-order valence-corrected chi connectivity index (χ4v) is 3.72. The van der Waals surface area contributed by atoms with Gasteiger partial charge in [-0.2, -0.15) is 5.10 Å². The van der Waals surface area contributed by atoms with Gasteiger partial charge in [-0.3, -0.25) is 19.6 Å². The standard InChI is InChI=1S/C24H24F2N4O4/c1-13-6-14(2)15(3)22(7-13)34-19-9-17(8-18(10-19)30(32)33)27-23(31)12-29-21(24(25)26)11-20(28-29)16-4-5-16/h6-11,16,24H,4-5,12H2,1-3H3,(H,27,31). The van der Waals surface area contributed by atoms with E-state index in [1.807, 2.05) is 32.9 Å². The van der Waals surface area contributed by atoms with E-state index in [4.69, 9.17) is 4.74 Å². The normalized spacial score (nSPS) is 13.2. The zero-order chi connectivity index (χ0) is 24.6. The molecule has 8 nitrogen and oxygen atoms in total. The van der Waals surface area contributed by atoms with Crippen LogP contribution in [0.25, 0.3) is 0 Å². The van der Waals surface area contributed by atoms with Gasteiger partial charge in [0.2, 0.25) is 5.91 Å². The highest BCUT2D eigenvalue weighted by molar-refractivity contribution is 5.91. The van der Waals surface area contributed by atoms with Crippen molar-refractivity contribution < 1.29 is 23.2 Å². The van der Waals surface area contributed by atoms with Crippen molar-refractivity contribution in [1.29, 1.82) is 0 Å². The molecule has 1 aliphatic rings. The molecular weight excluding hydrogens is 446 g/mol. The first kappa shape index (κ1) is 23.3. The Balaban J connectivity index is 1.57. The number of amides is 1. The van der Waals surface area contributed by atoms with Crippen molar-refractivity contribution in [1.82, 2.24) is 9.78 Å². The third kappa shape index (κ3) is 5.22. The van der Waals surface area contributed by atoms with E-state index < -0.39 is 23.8 Å². The Morgan fingerprint density at radius 1 is 1.21 bits per heavy atom. The summed E-state index contributed by atoms with van der Waals surface area (Å²) in [5.41, 5.74) is 2.92. The number of alkyl halides is 2. The molecule has 1 fully saturated rings. The Bertz CT molecular complexity index is 1270. The third-order valence-electron chi connectivity index (χ3n) is 5.72. The number of nitrogens with zero attached hydrogens (tertiary/aromatic N) is 3. The molecule has 1 amide bonds. The molecule has 0 unspecified atom stereocenters. The molecule has 0 bridgehead atoms. The van der Waals surface area contributed by atoms with Gasteiger partial charge >= 0.3 is 0 Å². The fourth-order valence-electron chi connectivity index (χ4n) is 3.72. The second kappa shape index (κ2) is 9.20. The van der Waals surface area contributed by atoms with E-state index in [-0.39, 0.29) is 28.7 Å². The summed E-state index contributed by atoms with van der Waals surface area (Å²) in [6.45, 7) is 5.29. The number of nitro benzene ring substituents is 1. The van der Waals surface area contributed by atoms with Crippen LogP contribution < -0.4 is 10.1 Å². The maximum Gasteiger partial charge on any atom is 0.280 e. The Morgan fingerprint density at radius 2 is 1.94 bits per heavy atom. The molecule has 34 heavy (non-hydrogen) atoms. The Labute approximate surface area is 194 Å². The second-order valence-electron chi connectivity index (χ2n) is 8.55. The molecule has 1 aliphatic carbocycles. The smallest absolute Gasteiger partial charge is 0.280 e. The van der Waals surface area contributed by atoms with E-state index in [1.54, 1.807) is 0 Å². The maximum absolute atomic E-state index is 13.4. The number of ether oxygens (including phenoxy) is 1. The summed E-state index contributed by atoms with van der Waals surface area (Å²) in [5, 5.41) is 18.1. The highest BCUT2D eigenvalue weighted by atomic mass is 19.3. The highest BCUT2D eigenvalue weighted by Gasteiger charge is 2.29. The zero-order valence-electron chi connectivity index (χ0n) is 19.0. The molecule has 0 aliphatic heterocycles. The maximum atomic E-state index is 13.4. The summed E-state index contributed by atoms with van der Waals surface area (Å²) in [6.07, 6.45) is -0.989. The lowest BCUT2D eigenvalue weighted by molar-refractivity contribution is -0.384. The van der Waals surface area contributed by atoms with Crippen LogP contribution in [0.4, 0.5) is 20.2 Å². The topological polar surface area (TPSA) is 99.3 Å². The van der Waals surface area contributed by atoms with Crippen molar-refractivity contribution >= 4 is 17.3 Å². The molecule has 178 valence electrons. The summed E-state index contributed by atoms with van der Waals surface area (Å²) in [4.78, 5) is 23.5. The van der Waals surface area contributed by atoms with E-state index in [0.29, 0.717) is 11.4 Å². The molecule has 1 N–H and O–H groups in total. The van der Waals surface area contributed by atoms with Crippen LogP contribution in [0.15, 0.2) is 36.4 Å². The average Bonchev–Trinajstić information content (AvgIpc) is 3.51. The van der Waals surface area contributed by atoms with Gasteiger partial charge in [0, 0.05) is 18.1 Å². The lowest BCUT2D eigenvalue weighted by Gasteiger charge is -2.13. The Morgan fingerprint density at radius 3 is 2.59 bits per heavy atom. The van der Waals surface area contributed by atoms with E-state index in [1.165, 1.54) is 24.3 Å². The van der Waals surface area contributed by atoms with Gasteiger partial charge in [0.1, 0.15) is 23.7 Å². The van der Waals surface area contributed by atoms with Gasteiger partial charge in [0.15, 0.2) is 0 Å². The molecule has 2 aromatic carbocycles. The van der Waals surface area contributed by atoms with Crippen LogP contribution in [0.5, 0.6) is 11.5 Å². The SMILES string of the molecule is Cc1cc(C)c(C)c(Oc2cc(NC(=O)Cn3nc(C4CC4)cc3C(F)F)cc([N+](=O)[O-])c2)c1. The molecular formula is C24H24F2N4O4. The number of halogens is 2. The van der Waals surface area contributed by atoms with Gasteiger partial charge < -0.3 is 10.1 Å². The quantitative estimate of drug-likeness (QED) is 0.323. The number of nitro groups is 1. The summed E-state index contributed by atoms with van der Waals surface area (Å²) >= 11 is 0. The third-order valence-corrected chi connectivity index (χ3v) is 5.72. The molecule has 0 saturated heterocycles. The molecule has 1 aromatic heterocycles. The fraction of sp³-hybridized carbons (Fsp3) is 0.333. The number of aryl methyl sites for hydroxylation is 2. The molecule has 10 heteroatoms. The van der Waals surface area contributed by atoms with Crippen molar-refractivity contribution in [2.75, 3.05) is 5.32 Å². The molecule has 1 heterocycles. The largest absolute Gasteiger partial charge is 0.457 e. The number of nitrogens with one attached hydrogen (secondary N) is 1. The number of anilines is 1. The van der Waals surface area contributed by atoms with Crippen molar-refractivity contribution in [3.8, 4) is 11.5 Å². The van der Waals surface area contributed by atoms with Crippen LogP contribution in [0, 0.1) is 30.9 Å². The first-order valence-electron chi connectivity index (χ1n) is 10.8. The van der Waals surface area contributed by atoms with Crippen LogP contribution in [0.2, 0.25) is 0 Å². The Kier molecular flexibility index (Phi) is 6.32. The summed E-state index contributed by atoms with van der Waals surface area (Å²) in [7, 11) is 0. The minimum Gasteiger partial charge on any atom is -0.457 e. The van der Waals surface area contributed by atoms with E-state index >= 15 is 0 Å². The second-order valence-corrected chi connectivity index (χ2v) is 8.55. The summed E-state index contributed by atoms with van der Waals surface area (Å²) in [6, 6.07) is 9.05. The number of aromatic nitrogens is 2. The monoisotopic (exact) mass is 470 g/mol. The molecule has 0 atom stereocenters. The van der Waals surface area contributed by atoms with E-state index in [9.17, 15) is 23.7 Å². The first-order chi connectivity index (χ1) is 16.1. The van der Waals surface area contributed by atoms with Crippen molar-refractivity contribution in [3.05, 3.63) is 74.6 Å². The molecule has 0 spiro atoms. The average molecular weight is 470 g/mol. The predicted molar refractivity (Wildman–Crippen MR) is 122 cm³/mol. The predicted octanol–water partition coefficient (Wildman–Crippen LogP) is 5.96. The van der Waals surface area contributed by atoms with Crippen molar-refractivity contribution in [3.63, 3.8) is 0 Å². The Hall–Kier alpha value is -3.82. The van der Waals surface area contributed by atoms with Crippen molar-refractivity contribution in [2.24, 2.45) is 0 Å². The van der Waals surface area contributed by atoms with Gasteiger partial charge in [0.05, 0.1) is 22.4 Å². The number of benzene rings is 2. The van der Waals surface area contributed by atoms with E-state index in [2.05, 4.69) is 10.4 Å². The number of non-ortho nitro benzene ring substituents is 1. The van der Waals surface area contributed by atoms with Gasteiger partial charge in [-0.25, -0.2) is 8.78 Å². The van der Waals surface area contributed by atoms with Crippen LogP contribution in [-0.2, 0) is 11.3 Å². The van der Waals surface area contributed by atoms with Crippen LogP contribution >= 0.6 is 0 Å². The molecule has 1 saturated carbocycles. The van der Waals surface area contributed by atoms with E-state index in [0.717, 1.165) is 34.2 Å². The lowest BCUT2D eigenvalue weighted by atomic mass is 10.1. The minimum absolute atomic E-state index is 0.115. The van der Waals surface area contributed by atoms with Gasteiger partial charge in [-0.05, 0) is 62.4 Å². The number of hydrogen-bond acceptors (Lipinski definition) is 5. The number of carbonyl (C=O) groups is 1.